The fourth-order valence-corrected chi connectivity index (χ4v) is 2.20. The van der Waals surface area contributed by atoms with Gasteiger partial charge in [0.05, 0.1) is 5.69 Å². The molecule has 0 fully saturated rings. The summed E-state index contributed by atoms with van der Waals surface area (Å²) in [5.74, 6) is 5.72. The third kappa shape index (κ3) is 3.56. The Morgan fingerprint density at radius 3 is 2.55 bits per heavy atom. The predicted molar refractivity (Wildman–Crippen MR) is 76.3 cm³/mol. The Morgan fingerprint density at radius 1 is 1.20 bits per heavy atom. The molecule has 0 aliphatic carbocycles. The molecule has 0 saturated heterocycles. The van der Waals surface area contributed by atoms with Gasteiger partial charge >= 0.3 is 0 Å². The van der Waals surface area contributed by atoms with Gasteiger partial charge in [-0.1, -0.05) is 17.8 Å². The molecule has 20 heavy (non-hydrogen) atoms. The number of aromatic nitrogens is 3. The summed E-state index contributed by atoms with van der Waals surface area (Å²) in [6, 6.07) is 6.57. The molecule has 1 amide bonds. The second-order valence-electron chi connectivity index (χ2n) is 3.78. The number of nitrogens with one attached hydrogen (secondary N) is 1. The number of carbonyl (C=O) groups excluding carboxylic acids is 1. The SMILES string of the molecule is NNC(=O)c1cccc(CSc2nc(N)cc(N)n2)n1. The lowest BCUT2D eigenvalue weighted by Gasteiger charge is -2.04. The number of rotatable bonds is 4. The smallest absolute Gasteiger partial charge is 0.283 e. The van der Waals surface area contributed by atoms with Crippen molar-refractivity contribution >= 4 is 29.3 Å². The van der Waals surface area contributed by atoms with Crippen LogP contribution in [0, 0.1) is 0 Å². The zero-order chi connectivity index (χ0) is 14.5. The summed E-state index contributed by atoms with van der Waals surface area (Å²) in [6.07, 6.45) is 0. The van der Waals surface area contributed by atoms with Crippen molar-refractivity contribution in [1.82, 2.24) is 20.4 Å². The maximum Gasteiger partial charge on any atom is 0.283 e. The molecule has 0 spiro atoms. The summed E-state index contributed by atoms with van der Waals surface area (Å²) in [7, 11) is 0. The zero-order valence-corrected chi connectivity index (χ0v) is 11.2. The van der Waals surface area contributed by atoms with E-state index in [-0.39, 0.29) is 5.69 Å². The van der Waals surface area contributed by atoms with E-state index in [2.05, 4.69) is 15.0 Å². The fraction of sp³-hybridized carbons (Fsp3) is 0.0909. The van der Waals surface area contributed by atoms with Crippen LogP contribution in [0.4, 0.5) is 11.6 Å². The molecule has 104 valence electrons. The molecule has 0 radical (unpaired) electrons. The van der Waals surface area contributed by atoms with E-state index in [1.54, 1.807) is 18.2 Å². The Balaban J connectivity index is 2.09. The maximum absolute atomic E-state index is 11.4. The number of pyridine rings is 1. The van der Waals surface area contributed by atoms with Gasteiger partial charge in [-0.25, -0.2) is 20.8 Å². The molecular formula is C11H13N7OS. The van der Waals surface area contributed by atoms with E-state index >= 15 is 0 Å². The molecule has 0 bridgehead atoms. The molecule has 0 aromatic carbocycles. The average Bonchev–Trinajstić information content (AvgIpc) is 2.43. The molecule has 2 rings (SSSR count). The average molecular weight is 291 g/mol. The van der Waals surface area contributed by atoms with Crippen molar-refractivity contribution in [3.63, 3.8) is 0 Å². The van der Waals surface area contributed by atoms with E-state index < -0.39 is 5.91 Å². The quantitative estimate of drug-likeness (QED) is 0.201. The second kappa shape index (κ2) is 6.17. The molecule has 0 aliphatic rings. The van der Waals surface area contributed by atoms with Crippen LogP contribution in [0.15, 0.2) is 29.4 Å². The van der Waals surface area contributed by atoms with Gasteiger partial charge in [-0.2, -0.15) is 0 Å². The number of hydrogen-bond donors (Lipinski definition) is 4. The van der Waals surface area contributed by atoms with Crippen LogP contribution >= 0.6 is 11.8 Å². The second-order valence-corrected chi connectivity index (χ2v) is 4.72. The Bertz CT molecular complexity index is 614. The third-order valence-electron chi connectivity index (χ3n) is 2.26. The summed E-state index contributed by atoms with van der Waals surface area (Å²) in [4.78, 5) is 23.6. The Hall–Kier alpha value is -2.39. The van der Waals surface area contributed by atoms with Crippen molar-refractivity contribution in [2.24, 2.45) is 5.84 Å². The highest BCUT2D eigenvalue weighted by atomic mass is 32.2. The van der Waals surface area contributed by atoms with Crippen LogP contribution in [-0.4, -0.2) is 20.9 Å². The first kappa shape index (κ1) is 14.0. The number of amides is 1. The predicted octanol–water partition coefficient (Wildman–Crippen LogP) is -0.0682. The van der Waals surface area contributed by atoms with E-state index in [0.29, 0.717) is 28.2 Å². The van der Waals surface area contributed by atoms with Crippen LogP contribution in [0.25, 0.3) is 0 Å². The molecule has 0 aliphatic heterocycles. The Kier molecular flexibility index (Phi) is 4.33. The minimum absolute atomic E-state index is 0.249. The molecule has 7 N–H and O–H groups in total. The molecule has 2 aromatic rings. The highest BCUT2D eigenvalue weighted by Gasteiger charge is 2.07. The summed E-state index contributed by atoms with van der Waals surface area (Å²) in [6.45, 7) is 0. The van der Waals surface area contributed by atoms with Crippen LogP contribution in [0.1, 0.15) is 16.2 Å². The number of hydrazine groups is 1. The van der Waals surface area contributed by atoms with Crippen LogP contribution in [-0.2, 0) is 5.75 Å². The van der Waals surface area contributed by atoms with E-state index in [1.165, 1.54) is 17.8 Å². The summed E-state index contributed by atoms with van der Waals surface area (Å²) < 4.78 is 0. The monoisotopic (exact) mass is 291 g/mol. The largest absolute Gasteiger partial charge is 0.383 e. The number of nitrogens with zero attached hydrogens (tertiary/aromatic N) is 3. The van der Waals surface area contributed by atoms with Gasteiger partial charge < -0.3 is 11.5 Å². The lowest BCUT2D eigenvalue weighted by molar-refractivity contribution is 0.0948. The zero-order valence-electron chi connectivity index (χ0n) is 10.4. The van der Waals surface area contributed by atoms with E-state index in [1.807, 2.05) is 5.43 Å². The van der Waals surface area contributed by atoms with Gasteiger partial charge in [0.15, 0.2) is 5.16 Å². The highest BCUT2D eigenvalue weighted by molar-refractivity contribution is 7.98. The first-order valence-electron chi connectivity index (χ1n) is 5.58. The van der Waals surface area contributed by atoms with Gasteiger partial charge in [-0.3, -0.25) is 10.2 Å². The number of thioether (sulfide) groups is 1. The number of carbonyl (C=O) groups is 1. The van der Waals surface area contributed by atoms with Crippen LogP contribution in [0.5, 0.6) is 0 Å². The molecule has 9 heteroatoms. The summed E-state index contributed by atoms with van der Waals surface area (Å²) in [5, 5.41) is 0.456. The number of hydrogen-bond acceptors (Lipinski definition) is 8. The van der Waals surface area contributed by atoms with Gasteiger partial charge in [0.2, 0.25) is 0 Å². The summed E-state index contributed by atoms with van der Waals surface area (Å²) >= 11 is 1.32. The van der Waals surface area contributed by atoms with Gasteiger partial charge in [-0.15, -0.1) is 0 Å². The number of nitrogens with two attached hydrogens (primary N) is 3. The van der Waals surface area contributed by atoms with Crippen molar-refractivity contribution in [3.8, 4) is 0 Å². The first-order chi connectivity index (χ1) is 9.58. The highest BCUT2D eigenvalue weighted by Crippen LogP contribution is 2.20. The van der Waals surface area contributed by atoms with Crippen LogP contribution < -0.4 is 22.7 Å². The normalized spacial score (nSPS) is 10.2. The Labute approximate surface area is 119 Å². The van der Waals surface area contributed by atoms with Crippen molar-refractivity contribution in [2.45, 2.75) is 10.9 Å². The molecule has 8 nitrogen and oxygen atoms in total. The summed E-state index contributed by atoms with van der Waals surface area (Å²) in [5.41, 5.74) is 14.1. The maximum atomic E-state index is 11.4. The first-order valence-corrected chi connectivity index (χ1v) is 6.57. The van der Waals surface area contributed by atoms with Gasteiger partial charge in [0.25, 0.3) is 5.91 Å². The molecular weight excluding hydrogens is 278 g/mol. The van der Waals surface area contributed by atoms with E-state index in [0.717, 1.165) is 0 Å². The Morgan fingerprint density at radius 2 is 1.90 bits per heavy atom. The fourth-order valence-electron chi connectivity index (χ4n) is 1.43. The minimum atomic E-state index is -0.443. The minimum Gasteiger partial charge on any atom is -0.383 e. The van der Waals surface area contributed by atoms with E-state index in [9.17, 15) is 4.79 Å². The standard InChI is InChI=1S/C11H13N7OS/c12-8-4-9(13)17-11(16-8)20-5-6-2-1-3-7(15-6)10(19)18-14/h1-4H,5,14H2,(H,18,19)(H4,12,13,16,17). The van der Waals surface area contributed by atoms with E-state index in [4.69, 9.17) is 17.3 Å². The molecule has 0 atom stereocenters. The van der Waals surface area contributed by atoms with Crippen molar-refractivity contribution in [2.75, 3.05) is 11.5 Å². The van der Waals surface area contributed by atoms with Crippen LogP contribution in [0.3, 0.4) is 0 Å². The topological polar surface area (TPSA) is 146 Å². The van der Waals surface area contributed by atoms with Gasteiger partial charge in [0.1, 0.15) is 17.3 Å². The lowest BCUT2D eigenvalue weighted by Crippen LogP contribution is -2.30. The lowest BCUT2D eigenvalue weighted by atomic mass is 10.3. The molecule has 2 aromatic heterocycles. The van der Waals surface area contributed by atoms with Crippen molar-refractivity contribution in [3.05, 3.63) is 35.7 Å². The van der Waals surface area contributed by atoms with Crippen molar-refractivity contribution in [1.29, 1.82) is 0 Å². The number of anilines is 2. The molecule has 0 unspecified atom stereocenters. The molecule has 0 saturated carbocycles. The van der Waals surface area contributed by atoms with Gasteiger partial charge in [-0.05, 0) is 12.1 Å². The number of nitrogen functional groups attached to an aromatic ring is 3. The van der Waals surface area contributed by atoms with Crippen LogP contribution in [0.2, 0.25) is 0 Å². The van der Waals surface area contributed by atoms with Gasteiger partial charge in [0, 0.05) is 11.8 Å². The third-order valence-corrected chi connectivity index (χ3v) is 3.15. The molecule has 2 heterocycles. The van der Waals surface area contributed by atoms with Crippen molar-refractivity contribution < 1.29 is 4.79 Å².